The monoisotopic (exact) mass is 391 g/mol. The van der Waals surface area contributed by atoms with Gasteiger partial charge >= 0.3 is 0 Å². The predicted octanol–water partition coefficient (Wildman–Crippen LogP) is 3.27. The fraction of sp³-hybridized carbons (Fsp3) is 0.619. The van der Waals surface area contributed by atoms with Gasteiger partial charge in [-0.1, -0.05) is 31.5 Å². The highest BCUT2D eigenvalue weighted by molar-refractivity contribution is 6.30. The van der Waals surface area contributed by atoms with Crippen molar-refractivity contribution in [3.05, 3.63) is 29.3 Å². The lowest BCUT2D eigenvalue weighted by atomic mass is 10.2. The molecular weight excluding hydrogens is 362 g/mol. The molecule has 1 saturated carbocycles. The van der Waals surface area contributed by atoms with Crippen LogP contribution in [0.4, 0.5) is 5.69 Å². The van der Waals surface area contributed by atoms with Crippen molar-refractivity contribution >= 4 is 29.1 Å². The third-order valence-corrected chi connectivity index (χ3v) is 5.72. The highest BCUT2D eigenvalue weighted by Gasteiger charge is 2.50. The van der Waals surface area contributed by atoms with E-state index in [4.69, 9.17) is 11.6 Å². The summed E-state index contributed by atoms with van der Waals surface area (Å²) in [5, 5.41) is 0.731. The summed E-state index contributed by atoms with van der Waals surface area (Å²) in [5.74, 6) is 0.134. The summed E-state index contributed by atoms with van der Waals surface area (Å²) in [5.41, 5.74) is 1.10. The van der Waals surface area contributed by atoms with E-state index < -0.39 is 0 Å². The van der Waals surface area contributed by atoms with Crippen LogP contribution in [0.25, 0.3) is 0 Å². The number of carbonyl (C=O) groups is 2. The molecule has 0 spiro atoms. The largest absolute Gasteiger partial charge is 0.368 e. The lowest BCUT2D eigenvalue weighted by Crippen LogP contribution is -2.49. The minimum atomic E-state index is -0.105. The zero-order valence-corrected chi connectivity index (χ0v) is 17.1. The van der Waals surface area contributed by atoms with Crippen LogP contribution in [0, 0.1) is 11.8 Å². The average molecular weight is 392 g/mol. The molecule has 0 N–H and O–H groups in total. The second-order valence-corrected chi connectivity index (χ2v) is 8.00. The lowest BCUT2D eigenvalue weighted by molar-refractivity contribution is -0.138. The third kappa shape index (κ3) is 4.75. The van der Waals surface area contributed by atoms with E-state index in [1.807, 2.05) is 28.0 Å². The number of halogens is 1. The summed E-state index contributed by atoms with van der Waals surface area (Å²) in [7, 11) is 0. The van der Waals surface area contributed by atoms with Crippen molar-refractivity contribution in [2.75, 3.05) is 44.2 Å². The lowest BCUT2D eigenvalue weighted by Gasteiger charge is -2.36. The van der Waals surface area contributed by atoms with Gasteiger partial charge in [-0.3, -0.25) is 9.59 Å². The zero-order chi connectivity index (χ0) is 19.4. The molecule has 1 heterocycles. The van der Waals surface area contributed by atoms with Crippen LogP contribution in [0.1, 0.15) is 33.1 Å². The Morgan fingerprint density at radius 2 is 1.74 bits per heavy atom. The molecule has 2 atom stereocenters. The standard InChI is InChI=1S/C21H30ClN3O2/c1-3-8-24(9-4-2)20(26)18-15-19(18)21(27)25-12-10-23(11-13-25)17-7-5-6-16(22)14-17/h5-7,14,18-19H,3-4,8-13,15H2,1-2H3. The predicted molar refractivity (Wildman–Crippen MR) is 109 cm³/mol. The molecule has 0 radical (unpaired) electrons. The van der Waals surface area contributed by atoms with E-state index in [-0.39, 0.29) is 23.7 Å². The van der Waals surface area contributed by atoms with Crippen LogP contribution >= 0.6 is 11.6 Å². The Labute approximate surface area is 167 Å². The zero-order valence-electron chi connectivity index (χ0n) is 16.4. The molecule has 5 nitrogen and oxygen atoms in total. The Balaban J connectivity index is 1.51. The number of amides is 2. The number of benzene rings is 1. The molecule has 1 aliphatic carbocycles. The smallest absolute Gasteiger partial charge is 0.226 e. The topological polar surface area (TPSA) is 43.9 Å². The van der Waals surface area contributed by atoms with Gasteiger partial charge in [-0.2, -0.15) is 0 Å². The number of hydrogen-bond acceptors (Lipinski definition) is 3. The van der Waals surface area contributed by atoms with Crippen LogP contribution in [0.2, 0.25) is 5.02 Å². The van der Waals surface area contributed by atoms with E-state index in [0.29, 0.717) is 13.1 Å². The first kappa shape index (κ1) is 20.0. The van der Waals surface area contributed by atoms with Crippen molar-refractivity contribution in [1.29, 1.82) is 0 Å². The maximum Gasteiger partial charge on any atom is 0.226 e. The number of anilines is 1. The summed E-state index contributed by atoms with van der Waals surface area (Å²) in [6, 6.07) is 7.84. The SMILES string of the molecule is CCCN(CCC)C(=O)C1CC1C(=O)N1CCN(c2cccc(Cl)c2)CC1. The van der Waals surface area contributed by atoms with Crippen LogP contribution < -0.4 is 4.90 Å². The van der Waals surface area contributed by atoms with Gasteiger partial charge in [0, 0.05) is 50.0 Å². The minimum Gasteiger partial charge on any atom is -0.368 e. The first-order valence-corrected chi connectivity index (χ1v) is 10.5. The van der Waals surface area contributed by atoms with E-state index >= 15 is 0 Å². The van der Waals surface area contributed by atoms with Crippen molar-refractivity contribution in [2.24, 2.45) is 11.8 Å². The fourth-order valence-electron chi connectivity index (χ4n) is 3.94. The molecule has 1 saturated heterocycles. The molecule has 0 aromatic heterocycles. The van der Waals surface area contributed by atoms with E-state index in [1.54, 1.807) is 0 Å². The summed E-state index contributed by atoms with van der Waals surface area (Å²) in [6.07, 6.45) is 2.64. The summed E-state index contributed by atoms with van der Waals surface area (Å²) in [6.45, 7) is 8.78. The van der Waals surface area contributed by atoms with Crippen LogP contribution in [0.15, 0.2) is 24.3 Å². The van der Waals surface area contributed by atoms with Gasteiger partial charge in [0.1, 0.15) is 0 Å². The molecule has 27 heavy (non-hydrogen) atoms. The second-order valence-electron chi connectivity index (χ2n) is 7.57. The first-order chi connectivity index (χ1) is 13.0. The van der Waals surface area contributed by atoms with Crippen molar-refractivity contribution in [3.8, 4) is 0 Å². The van der Waals surface area contributed by atoms with Gasteiger partial charge in [-0.05, 0) is 37.5 Å². The molecule has 148 valence electrons. The maximum absolute atomic E-state index is 12.8. The number of rotatable bonds is 7. The van der Waals surface area contributed by atoms with Crippen molar-refractivity contribution in [2.45, 2.75) is 33.1 Å². The average Bonchev–Trinajstić information content (AvgIpc) is 3.48. The molecule has 6 heteroatoms. The summed E-state index contributed by atoms with van der Waals surface area (Å²) in [4.78, 5) is 31.6. The quantitative estimate of drug-likeness (QED) is 0.716. The van der Waals surface area contributed by atoms with Crippen molar-refractivity contribution < 1.29 is 9.59 Å². The van der Waals surface area contributed by atoms with Crippen molar-refractivity contribution in [3.63, 3.8) is 0 Å². The summed E-state index contributed by atoms with van der Waals surface area (Å²) < 4.78 is 0. The van der Waals surface area contributed by atoms with Gasteiger partial charge < -0.3 is 14.7 Å². The van der Waals surface area contributed by atoms with Crippen LogP contribution in [-0.2, 0) is 9.59 Å². The molecule has 1 aliphatic heterocycles. The molecule has 1 aromatic carbocycles. The third-order valence-electron chi connectivity index (χ3n) is 5.49. The Hall–Kier alpha value is -1.75. The van der Waals surface area contributed by atoms with Crippen LogP contribution in [0.5, 0.6) is 0 Å². The number of nitrogens with zero attached hydrogens (tertiary/aromatic N) is 3. The Bertz CT molecular complexity index is 667. The number of hydrogen-bond donors (Lipinski definition) is 0. The Morgan fingerprint density at radius 1 is 1.07 bits per heavy atom. The second kappa shape index (κ2) is 8.96. The minimum absolute atomic E-state index is 0.0958. The molecule has 0 bridgehead atoms. The highest BCUT2D eigenvalue weighted by Crippen LogP contribution is 2.41. The van der Waals surface area contributed by atoms with Gasteiger partial charge in [0.15, 0.2) is 0 Å². The molecule has 2 amide bonds. The van der Waals surface area contributed by atoms with E-state index in [2.05, 4.69) is 24.8 Å². The molecule has 2 aliphatic rings. The van der Waals surface area contributed by atoms with Crippen molar-refractivity contribution in [1.82, 2.24) is 9.80 Å². The van der Waals surface area contributed by atoms with Gasteiger partial charge in [-0.25, -0.2) is 0 Å². The number of carbonyl (C=O) groups excluding carboxylic acids is 2. The van der Waals surface area contributed by atoms with E-state index in [1.165, 1.54) is 0 Å². The molecule has 1 aromatic rings. The van der Waals surface area contributed by atoms with E-state index in [0.717, 1.165) is 56.2 Å². The Morgan fingerprint density at radius 3 is 2.33 bits per heavy atom. The van der Waals surface area contributed by atoms with E-state index in [9.17, 15) is 9.59 Å². The number of piperazine rings is 1. The fourth-order valence-corrected chi connectivity index (χ4v) is 4.12. The summed E-state index contributed by atoms with van der Waals surface area (Å²) >= 11 is 6.08. The molecule has 2 unspecified atom stereocenters. The van der Waals surface area contributed by atoms with Crippen LogP contribution in [-0.4, -0.2) is 60.9 Å². The molecule has 2 fully saturated rings. The highest BCUT2D eigenvalue weighted by atomic mass is 35.5. The molecule has 3 rings (SSSR count). The van der Waals surface area contributed by atoms with Gasteiger partial charge in [0.05, 0.1) is 11.8 Å². The maximum atomic E-state index is 12.8. The van der Waals surface area contributed by atoms with Gasteiger partial charge in [-0.15, -0.1) is 0 Å². The first-order valence-electron chi connectivity index (χ1n) is 10.1. The Kier molecular flexibility index (Phi) is 6.64. The normalized spacial score (nSPS) is 21.9. The van der Waals surface area contributed by atoms with Gasteiger partial charge in [0.25, 0.3) is 0 Å². The van der Waals surface area contributed by atoms with Crippen LogP contribution in [0.3, 0.4) is 0 Å². The molecular formula is C21H30ClN3O2. The van der Waals surface area contributed by atoms with Gasteiger partial charge in [0.2, 0.25) is 11.8 Å².